The zero-order valence-electron chi connectivity index (χ0n) is 16.2. The minimum atomic E-state index is 0.274. The Kier molecular flexibility index (Phi) is 6.38. The van der Waals surface area contributed by atoms with Gasteiger partial charge in [0.15, 0.2) is 0 Å². The molecule has 154 valence electrons. The highest BCUT2D eigenvalue weighted by molar-refractivity contribution is 6.35. The molecule has 0 unspecified atom stereocenters. The summed E-state index contributed by atoms with van der Waals surface area (Å²) in [5.41, 5.74) is 2.91. The summed E-state index contributed by atoms with van der Waals surface area (Å²) in [5, 5.41) is 1.75. The van der Waals surface area contributed by atoms with Crippen molar-refractivity contribution in [2.75, 3.05) is 6.61 Å². The van der Waals surface area contributed by atoms with Crippen LogP contribution in [0.5, 0.6) is 11.5 Å². The number of aryl methyl sites for hydroxylation is 1. The number of para-hydroxylation sites is 2. The molecule has 0 saturated carbocycles. The first kappa shape index (κ1) is 20.9. The van der Waals surface area contributed by atoms with E-state index in [2.05, 4.69) is 4.57 Å². The quantitative estimate of drug-likeness (QED) is 0.298. The van der Waals surface area contributed by atoms with Gasteiger partial charge in [-0.15, -0.1) is 0 Å². The molecule has 0 fully saturated rings. The second kappa shape index (κ2) is 9.17. The fourth-order valence-electron chi connectivity index (χ4n) is 3.18. The molecule has 0 amide bonds. The molecule has 30 heavy (non-hydrogen) atoms. The number of nitrogens with zero attached hydrogens (tertiary/aromatic N) is 2. The molecule has 0 radical (unpaired) electrons. The first-order chi connectivity index (χ1) is 14.5. The Hall–Kier alpha value is -2.40. The Labute approximate surface area is 189 Å². The van der Waals surface area contributed by atoms with Crippen molar-refractivity contribution in [1.82, 2.24) is 9.55 Å². The van der Waals surface area contributed by atoms with Crippen LogP contribution < -0.4 is 9.47 Å². The van der Waals surface area contributed by atoms with Crippen LogP contribution in [-0.4, -0.2) is 16.2 Å². The molecule has 1 heterocycles. The number of ether oxygens (including phenoxy) is 2. The topological polar surface area (TPSA) is 36.3 Å². The molecular weight excluding hydrogens is 443 g/mol. The number of hydrogen-bond donors (Lipinski definition) is 0. The van der Waals surface area contributed by atoms with Crippen molar-refractivity contribution in [3.8, 4) is 11.5 Å². The van der Waals surface area contributed by atoms with Gasteiger partial charge in [0.1, 0.15) is 30.5 Å². The predicted molar refractivity (Wildman–Crippen MR) is 122 cm³/mol. The third-order valence-corrected chi connectivity index (χ3v) is 5.65. The van der Waals surface area contributed by atoms with Crippen LogP contribution in [-0.2, 0) is 13.2 Å². The number of fused-ring (bicyclic) bond motifs is 1. The standard InChI is InChI=1S/C23H19Cl3N2O2/c1-15-12-17(7-8-18(15)25)29-11-10-28-21-5-3-2-4-20(21)27-23(28)14-30-22-9-6-16(24)13-19(22)26/h2-9,12-13H,10-11,14H2,1H3. The molecular formula is C23H19Cl3N2O2. The molecule has 0 atom stereocenters. The van der Waals surface area contributed by atoms with Crippen molar-refractivity contribution in [2.45, 2.75) is 20.1 Å². The minimum Gasteiger partial charge on any atom is -0.492 e. The van der Waals surface area contributed by atoms with Crippen molar-refractivity contribution in [3.05, 3.63) is 87.1 Å². The van der Waals surface area contributed by atoms with Crippen LogP contribution in [0.1, 0.15) is 11.4 Å². The van der Waals surface area contributed by atoms with E-state index in [0.29, 0.717) is 28.9 Å². The van der Waals surface area contributed by atoms with E-state index in [0.717, 1.165) is 33.2 Å². The molecule has 0 spiro atoms. The number of halogens is 3. The third-order valence-electron chi connectivity index (χ3n) is 4.70. The molecule has 0 aliphatic carbocycles. The van der Waals surface area contributed by atoms with Crippen molar-refractivity contribution in [3.63, 3.8) is 0 Å². The van der Waals surface area contributed by atoms with E-state index in [1.54, 1.807) is 18.2 Å². The lowest BCUT2D eigenvalue weighted by Gasteiger charge is -2.13. The highest BCUT2D eigenvalue weighted by atomic mass is 35.5. The fraction of sp³-hybridized carbons (Fsp3) is 0.174. The van der Waals surface area contributed by atoms with E-state index in [1.165, 1.54) is 0 Å². The van der Waals surface area contributed by atoms with E-state index in [1.807, 2.05) is 49.4 Å². The Morgan fingerprint density at radius 1 is 0.900 bits per heavy atom. The number of imidazole rings is 1. The first-order valence-corrected chi connectivity index (χ1v) is 10.6. The fourth-order valence-corrected chi connectivity index (χ4v) is 3.76. The highest BCUT2D eigenvalue weighted by Crippen LogP contribution is 2.28. The number of aromatic nitrogens is 2. The SMILES string of the molecule is Cc1cc(OCCn2c(COc3ccc(Cl)cc3Cl)nc3ccccc32)ccc1Cl. The molecule has 0 aliphatic rings. The molecule has 0 bridgehead atoms. The smallest absolute Gasteiger partial charge is 0.148 e. The predicted octanol–water partition coefficient (Wildman–Crippen LogP) is 6.96. The summed E-state index contributed by atoms with van der Waals surface area (Å²) in [6.07, 6.45) is 0. The van der Waals surface area contributed by atoms with E-state index >= 15 is 0 Å². The second-order valence-electron chi connectivity index (χ2n) is 6.79. The lowest BCUT2D eigenvalue weighted by Crippen LogP contribution is -2.13. The van der Waals surface area contributed by atoms with Gasteiger partial charge in [-0.3, -0.25) is 0 Å². The largest absolute Gasteiger partial charge is 0.492 e. The average Bonchev–Trinajstić information content (AvgIpc) is 3.08. The maximum absolute atomic E-state index is 6.22. The average molecular weight is 462 g/mol. The molecule has 4 rings (SSSR count). The monoisotopic (exact) mass is 460 g/mol. The molecule has 3 aromatic carbocycles. The number of rotatable bonds is 7. The number of benzene rings is 3. The normalized spacial score (nSPS) is 11.1. The summed E-state index contributed by atoms with van der Waals surface area (Å²) in [5.74, 6) is 2.14. The number of hydrogen-bond acceptors (Lipinski definition) is 3. The maximum Gasteiger partial charge on any atom is 0.148 e. The lowest BCUT2D eigenvalue weighted by molar-refractivity contribution is 0.272. The summed E-state index contributed by atoms with van der Waals surface area (Å²) >= 11 is 18.3. The van der Waals surface area contributed by atoms with Gasteiger partial charge in [-0.25, -0.2) is 4.98 Å². The first-order valence-electron chi connectivity index (χ1n) is 9.42. The molecule has 1 aromatic heterocycles. The van der Waals surface area contributed by atoms with E-state index in [-0.39, 0.29) is 6.61 Å². The molecule has 4 aromatic rings. The van der Waals surface area contributed by atoms with Gasteiger partial charge in [0.2, 0.25) is 0 Å². The van der Waals surface area contributed by atoms with Gasteiger partial charge >= 0.3 is 0 Å². The van der Waals surface area contributed by atoms with Crippen LogP contribution in [0, 0.1) is 6.92 Å². The van der Waals surface area contributed by atoms with Crippen LogP contribution in [0.25, 0.3) is 11.0 Å². The van der Waals surface area contributed by atoms with E-state index < -0.39 is 0 Å². The van der Waals surface area contributed by atoms with Crippen molar-refractivity contribution in [1.29, 1.82) is 0 Å². The van der Waals surface area contributed by atoms with Crippen LogP contribution in [0.3, 0.4) is 0 Å². The maximum atomic E-state index is 6.22. The van der Waals surface area contributed by atoms with Gasteiger partial charge < -0.3 is 14.0 Å². The second-order valence-corrected chi connectivity index (χ2v) is 8.04. The van der Waals surface area contributed by atoms with Gasteiger partial charge in [0, 0.05) is 10.0 Å². The third kappa shape index (κ3) is 4.67. The molecule has 0 saturated heterocycles. The molecule has 4 nitrogen and oxygen atoms in total. The van der Waals surface area contributed by atoms with Crippen LogP contribution in [0.4, 0.5) is 0 Å². The van der Waals surface area contributed by atoms with Crippen LogP contribution >= 0.6 is 34.8 Å². The van der Waals surface area contributed by atoms with E-state index in [4.69, 9.17) is 49.3 Å². The Morgan fingerprint density at radius 2 is 1.73 bits per heavy atom. The summed E-state index contributed by atoms with van der Waals surface area (Å²) < 4.78 is 13.9. The Morgan fingerprint density at radius 3 is 2.53 bits per heavy atom. The summed E-state index contributed by atoms with van der Waals surface area (Å²) in [6, 6.07) is 18.8. The van der Waals surface area contributed by atoms with Crippen molar-refractivity contribution >= 4 is 45.8 Å². The van der Waals surface area contributed by atoms with Crippen molar-refractivity contribution in [2.24, 2.45) is 0 Å². The van der Waals surface area contributed by atoms with Gasteiger partial charge in [0.05, 0.1) is 22.6 Å². The summed E-state index contributed by atoms with van der Waals surface area (Å²) in [7, 11) is 0. The van der Waals surface area contributed by atoms with Gasteiger partial charge in [0.25, 0.3) is 0 Å². The van der Waals surface area contributed by atoms with Gasteiger partial charge in [-0.05, 0) is 61.0 Å². The summed E-state index contributed by atoms with van der Waals surface area (Å²) in [4.78, 5) is 4.72. The van der Waals surface area contributed by atoms with Gasteiger partial charge in [-0.1, -0.05) is 46.9 Å². The molecule has 0 aliphatic heterocycles. The minimum absolute atomic E-state index is 0.274. The zero-order valence-corrected chi connectivity index (χ0v) is 18.5. The zero-order chi connectivity index (χ0) is 21.1. The molecule has 7 heteroatoms. The van der Waals surface area contributed by atoms with Crippen molar-refractivity contribution < 1.29 is 9.47 Å². The Balaban J connectivity index is 1.51. The summed E-state index contributed by atoms with van der Waals surface area (Å²) in [6.45, 7) is 3.33. The van der Waals surface area contributed by atoms with E-state index in [9.17, 15) is 0 Å². The Bertz CT molecular complexity index is 1190. The highest BCUT2D eigenvalue weighted by Gasteiger charge is 2.12. The molecule has 0 N–H and O–H groups in total. The lowest BCUT2D eigenvalue weighted by atomic mass is 10.2. The van der Waals surface area contributed by atoms with Crippen LogP contribution in [0.15, 0.2) is 60.7 Å². The van der Waals surface area contributed by atoms with Gasteiger partial charge in [-0.2, -0.15) is 0 Å². The van der Waals surface area contributed by atoms with Crippen LogP contribution in [0.2, 0.25) is 15.1 Å².